The lowest BCUT2D eigenvalue weighted by molar-refractivity contribution is -0.0306. The second kappa shape index (κ2) is 6.01. The summed E-state index contributed by atoms with van der Waals surface area (Å²) in [7, 11) is 1.68. The Morgan fingerprint density at radius 1 is 1.32 bits per heavy atom. The maximum absolute atomic E-state index is 10.0. The van der Waals surface area contributed by atoms with Crippen molar-refractivity contribution in [3.63, 3.8) is 0 Å². The van der Waals surface area contributed by atoms with Gasteiger partial charge in [-0.3, -0.25) is 0 Å². The Balaban J connectivity index is 2.22. The van der Waals surface area contributed by atoms with E-state index >= 15 is 0 Å². The van der Waals surface area contributed by atoms with Gasteiger partial charge in [0.1, 0.15) is 5.60 Å². The summed E-state index contributed by atoms with van der Waals surface area (Å²) in [6.07, 6.45) is 5.15. The van der Waals surface area contributed by atoms with Gasteiger partial charge in [0.05, 0.1) is 12.0 Å². The molecule has 0 aliphatic heterocycles. The zero-order valence-electron chi connectivity index (χ0n) is 12.1. The summed E-state index contributed by atoms with van der Waals surface area (Å²) < 4.78 is 11.0. The molecule has 1 N–H and O–H groups in total. The molecule has 1 aliphatic carbocycles. The van der Waals surface area contributed by atoms with Crippen LogP contribution in [0.3, 0.4) is 0 Å². The van der Waals surface area contributed by atoms with Crippen molar-refractivity contribution in [2.45, 2.75) is 70.0 Å². The summed E-state index contributed by atoms with van der Waals surface area (Å²) in [5, 5.41) is 14.1. The van der Waals surface area contributed by atoms with Crippen LogP contribution < -0.4 is 0 Å². The maximum atomic E-state index is 10.0. The zero-order valence-corrected chi connectivity index (χ0v) is 12.1. The Hall–Kier alpha value is -0.940. The van der Waals surface area contributed by atoms with E-state index in [2.05, 4.69) is 24.0 Å². The number of rotatable bonds is 5. The minimum absolute atomic E-state index is 0.0155. The molecule has 1 heterocycles. The molecule has 0 aromatic carbocycles. The Kier molecular flexibility index (Phi) is 4.58. The van der Waals surface area contributed by atoms with Crippen LogP contribution in [0, 0.1) is 0 Å². The first-order valence-electron chi connectivity index (χ1n) is 7.24. The molecular formula is C14H24N2O3. The van der Waals surface area contributed by atoms with Crippen LogP contribution >= 0.6 is 0 Å². The molecule has 19 heavy (non-hydrogen) atoms. The lowest BCUT2D eigenvalue weighted by Crippen LogP contribution is -2.28. The molecule has 108 valence electrons. The van der Waals surface area contributed by atoms with Crippen LogP contribution in [0.2, 0.25) is 0 Å². The van der Waals surface area contributed by atoms with Crippen molar-refractivity contribution in [1.82, 2.24) is 10.1 Å². The van der Waals surface area contributed by atoms with E-state index in [0.717, 1.165) is 38.5 Å². The van der Waals surface area contributed by atoms with Gasteiger partial charge in [0, 0.05) is 7.11 Å². The maximum Gasteiger partial charge on any atom is 0.232 e. The third kappa shape index (κ3) is 2.67. The van der Waals surface area contributed by atoms with Crippen LogP contribution in [-0.2, 0) is 10.3 Å². The van der Waals surface area contributed by atoms with E-state index < -0.39 is 5.60 Å². The van der Waals surface area contributed by atoms with Crippen molar-refractivity contribution < 1.29 is 14.4 Å². The lowest BCUT2D eigenvalue weighted by atomic mass is 9.86. The van der Waals surface area contributed by atoms with E-state index in [-0.39, 0.29) is 12.0 Å². The Morgan fingerprint density at radius 2 is 2.00 bits per heavy atom. The van der Waals surface area contributed by atoms with Crippen LogP contribution in [0.4, 0.5) is 0 Å². The molecule has 0 amide bonds. The number of hydrogen-bond acceptors (Lipinski definition) is 5. The normalized spacial score (nSPS) is 24.6. The Morgan fingerprint density at radius 3 is 2.58 bits per heavy atom. The van der Waals surface area contributed by atoms with Crippen molar-refractivity contribution in [2.75, 3.05) is 7.11 Å². The lowest BCUT2D eigenvalue weighted by Gasteiger charge is -2.26. The minimum atomic E-state index is -0.471. The van der Waals surface area contributed by atoms with Gasteiger partial charge in [-0.2, -0.15) is 4.98 Å². The molecule has 0 radical (unpaired) electrons. The molecule has 0 spiro atoms. The van der Waals surface area contributed by atoms with Gasteiger partial charge >= 0.3 is 0 Å². The van der Waals surface area contributed by atoms with Crippen molar-refractivity contribution in [3.05, 3.63) is 11.7 Å². The van der Waals surface area contributed by atoms with Crippen LogP contribution in [0.15, 0.2) is 4.52 Å². The van der Waals surface area contributed by atoms with E-state index in [1.54, 1.807) is 7.11 Å². The molecule has 5 nitrogen and oxygen atoms in total. The van der Waals surface area contributed by atoms with E-state index in [4.69, 9.17) is 9.26 Å². The van der Waals surface area contributed by atoms with Gasteiger partial charge in [0.2, 0.25) is 11.7 Å². The van der Waals surface area contributed by atoms with Gasteiger partial charge in [0.15, 0.2) is 0 Å². The summed E-state index contributed by atoms with van der Waals surface area (Å²) in [6, 6.07) is 0. The second-order valence-electron chi connectivity index (χ2n) is 5.32. The molecule has 5 heteroatoms. The zero-order chi connectivity index (χ0) is 13.9. The Bertz CT molecular complexity index is 393. The van der Waals surface area contributed by atoms with E-state index in [1.165, 1.54) is 0 Å². The van der Waals surface area contributed by atoms with Gasteiger partial charge in [-0.25, -0.2) is 0 Å². The summed E-state index contributed by atoms with van der Waals surface area (Å²) in [5.74, 6) is 1.15. The van der Waals surface area contributed by atoms with E-state index in [9.17, 15) is 5.11 Å². The average molecular weight is 268 g/mol. The number of ether oxygens (including phenoxy) is 1. The number of nitrogens with zero attached hydrogens (tertiary/aromatic N) is 2. The van der Waals surface area contributed by atoms with Crippen molar-refractivity contribution in [3.8, 4) is 0 Å². The van der Waals surface area contributed by atoms with Crippen molar-refractivity contribution in [2.24, 2.45) is 0 Å². The third-order valence-corrected chi connectivity index (χ3v) is 4.43. The monoisotopic (exact) mass is 268 g/mol. The molecule has 0 saturated heterocycles. The predicted octanol–water partition coefficient (Wildman–Crippen LogP) is 2.75. The van der Waals surface area contributed by atoms with Crippen molar-refractivity contribution >= 4 is 0 Å². The first-order chi connectivity index (χ1) is 9.16. The fourth-order valence-electron chi connectivity index (χ4n) is 2.92. The molecular weight excluding hydrogens is 244 g/mol. The van der Waals surface area contributed by atoms with Crippen LogP contribution in [0.5, 0.6) is 0 Å². The molecule has 1 aliphatic rings. The van der Waals surface area contributed by atoms with E-state index in [1.807, 2.05) is 0 Å². The highest BCUT2D eigenvalue weighted by Crippen LogP contribution is 2.35. The molecule has 1 fully saturated rings. The topological polar surface area (TPSA) is 68.4 Å². The number of methoxy groups -OCH3 is 1. The molecule has 1 aromatic heterocycles. The van der Waals surface area contributed by atoms with Gasteiger partial charge in [-0.05, 0) is 25.7 Å². The highest BCUT2D eigenvalue weighted by molar-refractivity contribution is 5.05. The molecule has 2 unspecified atom stereocenters. The van der Waals surface area contributed by atoms with E-state index in [0.29, 0.717) is 11.7 Å². The van der Waals surface area contributed by atoms with Crippen LogP contribution in [-0.4, -0.2) is 28.5 Å². The largest absolute Gasteiger partial charge is 0.392 e. The molecule has 0 bridgehead atoms. The molecule has 2 rings (SSSR count). The number of aliphatic hydroxyl groups excluding tert-OH is 1. The smallest absolute Gasteiger partial charge is 0.232 e. The number of hydrogen-bond donors (Lipinski definition) is 1. The second-order valence-corrected chi connectivity index (χ2v) is 5.32. The van der Waals surface area contributed by atoms with Gasteiger partial charge < -0.3 is 14.4 Å². The quantitative estimate of drug-likeness (QED) is 0.889. The molecule has 1 saturated carbocycles. The fourth-order valence-corrected chi connectivity index (χ4v) is 2.92. The minimum Gasteiger partial charge on any atom is -0.392 e. The van der Waals surface area contributed by atoms with Gasteiger partial charge in [-0.1, -0.05) is 31.8 Å². The highest BCUT2D eigenvalue weighted by atomic mass is 16.5. The SMILES string of the molecule is CCC(CC)(OC)c1noc(C2CCCCC2O)n1. The molecule has 2 atom stereocenters. The summed E-state index contributed by atoms with van der Waals surface area (Å²) in [5.41, 5.74) is -0.471. The summed E-state index contributed by atoms with van der Waals surface area (Å²) >= 11 is 0. The molecule has 1 aromatic rings. The van der Waals surface area contributed by atoms with Crippen LogP contribution in [0.1, 0.15) is 70.0 Å². The predicted molar refractivity (Wildman–Crippen MR) is 70.8 cm³/mol. The van der Waals surface area contributed by atoms with Crippen LogP contribution in [0.25, 0.3) is 0 Å². The van der Waals surface area contributed by atoms with Gasteiger partial charge in [-0.15, -0.1) is 0 Å². The van der Waals surface area contributed by atoms with Gasteiger partial charge in [0.25, 0.3) is 0 Å². The summed E-state index contributed by atoms with van der Waals surface area (Å²) in [4.78, 5) is 4.51. The average Bonchev–Trinajstić information content (AvgIpc) is 2.92. The standard InChI is InChI=1S/C14H24N2O3/c1-4-14(5-2,18-3)13-15-12(19-16-13)10-8-6-7-9-11(10)17/h10-11,17H,4-9H2,1-3H3. The Labute approximate surface area is 114 Å². The first kappa shape index (κ1) is 14.5. The number of aliphatic hydroxyl groups is 1. The third-order valence-electron chi connectivity index (χ3n) is 4.43. The highest BCUT2D eigenvalue weighted by Gasteiger charge is 2.36. The fraction of sp³-hybridized carbons (Fsp3) is 0.857. The number of aromatic nitrogens is 2. The van der Waals surface area contributed by atoms with Crippen molar-refractivity contribution in [1.29, 1.82) is 0 Å². The first-order valence-corrected chi connectivity index (χ1v) is 7.24. The summed E-state index contributed by atoms with van der Waals surface area (Å²) in [6.45, 7) is 4.11.